The van der Waals surface area contributed by atoms with E-state index in [-0.39, 0.29) is 11.9 Å². The Morgan fingerprint density at radius 1 is 1.21 bits per heavy atom. The zero-order valence-electron chi connectivity index (χ0n) is 18.4. The smallest absolute Gasteiger partial charge is 0.191 e. The number of sulfone groups is 1. The lowest BCUT2D eigenvalue weighted by atomic mass is 10.1. The molecule has 0 bridgehead atoms. The number of aryl methyl sites for hydroxylation is 1. The lowest BCUT2D eigenvalue weighted by Crippen LogP contribution is -2.41. The summed E-state index contributed by atoms with van der Waals surface area (Å²) in [5.74, 6) is 1.51. The molecule has 2 N–H and O–H groups in total. The summed E-state index contributed by atoms with van der Waals surface area (Å²) in [5, 5.41) is 6.28. The van der Waals surface area contributed by atoms with E-state index < -0.39 is 14.6 Å². The zero-order valence-corrected chi connectivity index (χ0v) is 19.2. The fourth-order valence-electron chi connectivity index (χ4n) is 2.32. The number of nitrogens with one attached hydrogen (secondary N) is 2. The van der Waals surface area contributed by atoms with E-state index in [0.717, 1.165) is 23.3 Å². The van der Waals surface area contributed by atoms with Crippen LogP contribution in [0.15, 0.2) is 23.2 Å². The van der Waals surface area contributed by atoms with E-state index in [2.05, 4.69) is 29.5 Å². The van der Waals surface area contributed by atoms with Gasteiger partial charge in [0.05, 0.1) is 23.1 Å². The summed E-state index contributed by atoms with van der Waals surface area (Å²) >= 11 is 0. The Balaban J connectivity index is 2.85. The van der Waals surface area contributed by atoms with Crippen molar-refractivity contribution >= 4 is 15.8 Å². The Kier molecular flexibility index (Phi) is 9.27. The quantitative estimate of drug-likeness (QED) is 0.481. The largest absolute Gasteiger partial charge is 0.490 e. The van der Waals surface area contributed by atoms with Crippen LogP contribution in [0.3, 0.4) is 0 Å². The highest BCUT2D eigenvalue weighted by Crippen LogP contribution is 2.23. The fraction of sp³-hybridized carbons (Fsp3) is 0.667. The molecule has 28 heavy (non-hydrogen) atoms. The standard InChI is InChI=1S/C21H37N3O3S/c1-8-17(4)27-19-14-16(3)10-11-18(19)15-24-20(22-9-2)23-12-13-28(25,26)21(5,6)7/h10-11,14,17H,8-9,12-13,15H2,1-7H3,(H2,22,23,24). The van der Waals surface area contributed by atoms with Crippen LogP contribution in [0.4, 0.5) is 0 Å². The number of nitrogens with zero attached hydrogens (tertiary/aromatic N) is 1. The molecule has 1 aromatic rings. The Labute approximate surface area is 171 Å². The van der Waals surface area contributed by atoms with E-state index in [1.54, 1.807) is 20.8 Å². The predicted octanol–water partition coefficient (Wildman–Crippen LogP) is 3.44. The summed E-state index contributed by atoms with van der Waals surface area (Å²) in [6, 6.07) is 6.11. The second-order valence-electron chi connectivity index (χ2n) is 8.00. The molecule has 0 saturated heterocycles. The van der Waals surface area contributed by atoms with Gasteiger partial charge < -0.3 is 15.4 Å². The third-order valence-corrected chi connectivity index (χ3v) is 7.08. The van der Waals surface area contributed by atoms with Gasteiger partial charge in [-0.2, -0.15) is 0 Å². The van der Waals surface area contributed by atoms with E-state index in [4.69, 9.17) is 4.74 Å². The first-order valence-corrected chi connectivity index (χ1v) is 11.7. The Morgan fingerprint density at radius 3 is 2.46 bits per heavy atom. The molecule has 0 fully saturated rings. The summed E-state index contributed by atoms with van der Waals surface area (Å²) < 4.78 is 29.8. The maximum absolute atomic E-state index is 12.3. The highest BCUT2D eigenvalue weighted by molar-refractivity contribution is 7.92. The molecule has 0 aliphatic carbocycles. The SMILES string of the molecule is CCNC(=NCc1ccc(C)cc1OC(C)CC)NCCS(=O)(=O)C(C)(C)C. The van der Waals surface area contributed by atoms with Gasteiger partial charge in [-0.25, -0.2) is 13.4 Å². The molecule has 0 radical (unpaired) electrons. The minimum absolute atomic E-state index is 0.0633. The van der Waals surface area contributed by atoms with Crippen LogP contribution in [-0.2, 0) is 16.4 Å². The topological polar surface area (TPSA) is 79.8 Å². The Hall–Kier alpha value is -1.76. The van der Waals surface area contributed by atoms with E-state index in [9.17, 15) is 8.42 Å². The van der Waals surface area contributed by atoms with Crippen molar-refractivity contribution in [1.82, 2.24) is 10.6 Å². The van der Waals surface area contributed by atoms with E-state index in [1.807, 2.05) is 32.0 Å². The molecule has 0 saturated carbocycles. The van der Waals surface area contributed by atoms with Crippen LogP contribution >= 0.6 is 0 Å². The number of benzene rings is 1. The number of guanidine groups is 1. The number of rotatable bonds is 9. The van der Waals surface area contributed by atoms with Crippen LogP contribution in [0.5, 0.6) is 5.75 Å². The van der Waals surface area contributed by atoms with Crippen LogP contribution in [-0.4, -0.2) is 44.1 Å². The van der Waals surface area contributed by atoms with E-state index in [0.29, 0.717) is 25.6 Å². The first kappa shape index (κ1) is 24.3. The van der Waals surface area contributed by atoms with Gasteiger partial charge in [0.1, 0.15) is 5.75 Å². The van der Waals surface area contributed by atoms with Crippen molar-refractivity contribution in [2.75, 3.05) is 18.8 Å². The molecule has 0 aliphatic heterocycles. The Morgan fingerprint density at radius 2 is 1.89 bits per heavy atom. The molecule has 1 atom stereocenters. The van der Waals surface area contributed by atoms with Gasteiger partial charge in [0, 0.05) is 18.7 Å². The summed E-state index contributed by atoms with van der Waals surface area (Å²) in [5.41, 5.74) is 2.15. The van der Waals surface area contributed by atoms with Gasteiger partial charge >= 0.3 is 0 Å². The summed E-state index contributed by atoms with van der Waals surface area (Å²) in [6.07, 6.45) is 1.07. The minimum Gasteiger partial charge on any atom is -0.490 e. The Bertz CT molecular complexity index is 753. The van der Waals surface area contributed by atoms with Crippen molar-refractivity contribution in [3.8, 4) is 5.75 Å². The third kappa shape index (κ3) is 7.70. The van der Waals surface area contributed by atoms with Gasteiger partial charge in [0.15, 0.2) is 15.8 Å². The number of aliphatic imine (C=N–C) groups is 1. The number of hydrogen-bond donors (Lipinski definition) is 2. The second-order valence-corrected chi connectivity index (χ2v) is 10.9. The molecule has 160 valence electrons. The molecule has 7 heteroatoms. The van der Waals surface area contributed by atoms with Crippen LogP contribution < -0.4 is 15.4 Å². The van der Waals surface area contributed by atoms with Gasteiger partial charge in [-0.1, -0.05) is 19.1 Å². The minimum atomic E-state index is -3.17. The summed E-state index contributed by atoms with van der Waals surface area (Å²) in [6.45, 7) is 14.8. The fourth-order valence-corrected chi connectivity index (χ4v) is 3.30. The average Bonchev–Trinajstić information content (AvgIpc) is 2.59. The maximum atomic E-state index is 12.3. The average molecular weight is 412 g/mol. The lowest BCUT2D eigenvalue weighted by Gasteiger charge is -2.20. The monoisotopic (exact) mass is 411 g/mol. The third-order valence-electron chi connectivity index (χ3n) is 4.47. The van der Waals surface area contributed by atoms with Gasteiger partial charge in [0.2, 0.25) is 0 Å². The van der Waals surface area contributed by atoms with Crippen molar-refractivity contribution in [3.63, 3.8) is 0 Å². The molecule has 0 heterocycles. The molecule has 0 aromatic heterocycles. The maximum Gasteiger partial charge on any atom is 0.191 e. The van der Waals surface area contributed by atoms with Crippen LogP contribution in [0.25, 0.3) is 0 Å². The van der Waals surface area contributed by atoms with Crippen molar-refractivity contribution in [3.05, 3.63) is 29.3 Å². The molecular weight excluding hydrogens is 374 g/mol. The molecule has 0 spiro atoms. The van der Waals surface area contributed by atoms with E-state index in [1.165, 1.54) is 0 Å². The van der Waals surface area contributed by atoms with Gasteiger partial charge in [-0.05, 0) is 59.6 Å². The molecule has 0 amide bonds. The van der Waals surface area contributed by atoms with Crippen LogP contribution in [0, 0.1) is 6.92 Å². The number of ether oxygens (including phenoxy) is 1. The van der Waals surface area contributed by atoms with Crippen molar-refractivity contribution in [2.24, 2.45) is 4.99 Å². The van der Waals surface area contributed by atoms with Crippen molar-refractivity contribution in [1.29, 1.82) is 0 Å². The molecule has 1 aromatic carbocycles. The van der Waals surface area contributed by atoms with Gasteiger partial charge in [0.25, 0.3) is 0 Å². The normalized spacial score (nSPS) is 13.9. The van der Waals surface area contributed by atoms with Gasteiger partial charge in [-0.15, -0.1) is 0 Å². The van der Waals surface area contributed by atoms with E-state index >= 15 is 0 Å². The first-order chi connectivity index (χ1) is 13.0. The highest BCUT2D eigenvalue weighted by Gasteiger charge is 2.28. The molecular formula is C21H37N3O3S. The summed E-state index contributed by atoms with van der Waals surface area (Å²) in [4.78, 5) is 4.61. The van der Waals surface area contributed by atoms with Crippen LogP contribution in [0.1, 0.15) is 59.1 Å². The first-order valence-electron chi connectivity index (χ1n) is 10.0. The highest BCUT2D eigenvalue weighted by atomic mass is 32.2. The van der Waals surface area contributed by atoms with Crippen molar-refractivity contribution < 1.29 is 13.2 Å². The van der Waals surface area contributed by atoms with Gasteiger partial charge in [-0.3, -0.25) is 0 Å². The van der Waals surface area contributed by atoms with Crippen molar-refractivity contribution in [2.45, 2.75) is 72.3 Å². The lowest BCUT2D eigenvalue weighted by molar-refractivity contribution is 0.215. The molecule has 1 unspecified atom stereocenters. The zero-order chi connectivity index (χ0) is 21.4. The molecule has 0 aliphatic rings. The summed E-state index contributed by atoms with van der Waals surface area (Å²) in [7, 11) is -3.17. The molecule has 1 rings (SSSR count). The molecule has 6 nitrogen and oxygen atoms in total. The second kappa shape index (κ2) is 10.7. The number of hydrogen-bond acceptors (Lipinski definition) is 4. The van der Waals surface area contributed by atoms with Crippen LogP contribution in [0.2, 0.25) is 0 Å². The predicted molar refractivity (Wildman–Crippen MR) is 118 cm³/mol.